The third-order valence-electron chi connectivity index (χ3n) is 30.4. The number of carbonyl (C=O) groups is 3. The monoisotopic (exact) mass is 2090 g/mol. The van der Waals surface area contributed by atoms with Crippen molar-refractivity contribution < 1.29 is 57.0 Å². The average molecular weight is 2090 g/mol. The minimum absolute atomic E-state index is 0.217. The third kappa shape index (κ3) is 71.6. The normalized spacial score (nSPS) is 12.1. The van der Waals surface area contributed by atoms with Gasteiger partial charge in [0.25, 0.3) is 0 Å². The molecule has 0 unspecified atom stereocenters. The lowest BCUT2D eigenvalue weighted by Gasteiger charge is -2.21. The van der Waals surface area contributed by atoms with Crippen molar-refractivity contribution >= 4 is 34.4 Å². The lowest BCUT2D eigenvalue weighted by Crippen LogP contribution is -2.33. The topological polar surface area (TPSA) is 170 Å². The van der Waals surface area contributed by atoms with Crippen LogP contribution in [0.5, 0.6) is 51.7 Å². The lowest BCUT2D eigenvalue weighted by atomic mass is 9.84. The number of anilines is 3. The van der Waals surface area contributed by atoms with E-state index in [1.54, 1.807) is 0 Å². The molecule has 0 saturated heterocycles. The van der Waals surface area contributed by atoms with Crippen molar-refractivity contribution in [1.82, 2.24) is 0 Å². The zero-order valence-electron chi connectivity index (χ0n) is 99.6. The molecule has 3 aromatic carbocycles. The van der Waals surface area contributed by atoms with E-state index < -0.39 is 17.3 Å². The highest BCUT2D eigenvalue weighted by Crippen LogP contribution is 2.46. The van der Waals surface area contributed by atoms with Crippen molar-refractivity contribution in [1.29, 1.82) is 0 Å². The number of ether oxygens (including phenoxy) is 9. The number of nitrogens with one attached hydrogen (secondary N) is 3. The molecule has 864 valence electrons. The number of hydrogen-bond donors (Lipinski definition) is 3. The maximum absolute atomic E-state index is 16.0. The van der Waals surface area contributed by atoms with Crippen molar-refractivity contribution in [2.75, 3.05) is 75.4 Å². The molecule has 0 radical (unpaired) electrons. The van der Waals surface area contributed by atoms with E-state index in [2.05, 4.69) is 78.3 Å². The van der Waals surface area contributed by atoms with Crippen LogP contribution in [0.15, 0.2) is 71.7 Å². The van der Waals surface area contributed by atoms with Gasteiger partial charge in [0.05, 0.1) is 76.2 Å². The standard InChI is InChI=1S/C135H237N3O12/c1-10-19-28-37-46-55-64-73-82-91-100-142-124-109-118(110-125(143-101-92-83-74-65-56-47-38-29-20-11-2)133(124)148-106-97-88-79-70-61-52-43-34-25-16-7)136-115-121-130(139)122(116-137-119-111-126(144-102-93-84-75-66-57-48-39-30-21-12-3)134(149-107-98-89-80-71-62-53-44-35-26-17-8)127(112-119)145-103-94-85-76-67-58-49-40-31-22-13-4)132(141)123(131(121)140)117-138-120-113-128(146-104-95-86-77-68-59-50-41-32-23-14-5)135(150-108-99-90-81-72-63-54-45-36-27-18-9)129(114-120)147-105-96-87-78-69-60-51-42-33-24-15-6/h109-117,136-138H,10-108H2,1-9H3. The van der Waals surface area contributed by atoms with E-state index in [-0.39, 0.29) is 16.7 Å². The van der Waals surface area contributed by atoms with Crippen molar-refractivity contribution in [3.63, 3.8) is 0 Å². The fraction of sp³-hybridized carbons (Fsp3) is 0.800. The summed E-state index contributed by atoms with van der Waals surface area (Å²) >= 11 is 0. The van der Waals surface area contributed by atoms with Crippen molar-refractivity contribution in [3.8, 4) is 51.7 Å². The first-order chi connectivity index (χ1) is 74.1. The van der Waals surface area contributed by atoms with Crippen molar-refractivity contribution in [2.24, 2.45) is 0 Å². The van der Waals surface area contributed by atoms with Crippen LogP contribution < -0.4 is 58.6 Å². The first kappa shape index (κ1) is 136. The smallest absolute Gasteiger partial charge is 0.203 e. The molecule has 15 heteroatoms. The molecule has 150 heavy (non-hydrogen) atoms. The molecule has 3 N–H and O–H groups in total. The second-order valence-corrected chi connectivity index (χ2v) is 44.8. The van der Waals surface area contributed by atoms with Gasteiger partial charge in [-0.1, -0.05) is 582 Å². The van der Waals surface area contributed by atoms with Gasteiger partial charge in [-0.3, -0.25) is 14.4 Å². The van der Waals surface area contributed by atoms with Gasteiger partial charge in [0.1, 0.15) is 0 Å². The van der Waals surface area contributed by atoms with Crippen LogP contribution in [-0.2, 0) is 14.4 Å². The Kier molecular flexibility index (Phi) is 92.0. The Morgan fingerprint density at radius 3 is 0.360 bits per heavy atom. The maximum atomic E-state index is 16.0. The molecular weight excluding hydrogens is 1860 g/mol. The Bertz CT molecular complexity index is 3180. The Hall–Kier alpha value is -6.51. The molecule has 3 aromatic rings. The van der Waals surface area contributed by atoms with E-state index in [1.807, 2.05) is 36.4 Å². The molecule has 1 aliphatic carbocycles. The highest BCUT2D eigenvalue weighted by Gasteiger charge is 2.39. The number of benzene rings is 3. The summed E-state index contributed by atoms with van der Waals surface area (Å²) in [5, 5.41) is 10.4. The molecule has 0 amide bonds. The predicted octanol–water partition coefficient (Wildman–Crippen LogP) is 43.4. The minimum Gasteiger partial charge on any atom is -0.489 e. The molecule has 0 heterocycles. The number of Topliss-reactive ketones (excluding diaryl/α,β-unsaturated/α-hetero) is 3. The zero-order chi connectivity index (χ0) is 107. The van der Waals surface area contributed by atoms with Crippen LogP contribution in [0.4, 0.5) is 17.1 Å². The molecule has 15 nitrogen and oxygen atoms in total. The van der Waals surface area contributed by atoms with Crippen LogP contribution in [0.2, 0.25) is 0 Å². The first-order valence-electron chi connectivity index (χ1n) is 65.4. The van der Waals surface area contributed by atoms with E-state index in [4.69, 9.17) is 42.6 Å². The quantitative estimate of drug-likeness (QED) is 0.0277. The van der Waals surface area contributed by atoms with Crippen LogP contribution in [0.3, 0.4) is 0 Å². The molecule has 0 aliphatic heterocycles. The highest BCUT2D eigenvalue weighted by molar-refractivity contribution is 6.51. The van der Waals surface area contributed by atoms with E-state index in [0.29, 0.717) is 128 Å². The van der Waals surface area contributed by atoms with Gasteiger partial charge in [0.15, 0.2) is 34.5 Å². The molecule has 0 bridgehead atoms. The Morgan fingerprint density at radius 2 is 0.247 bits per heavy atom. The van der Waals surface area contributed by atoms with E-state index >= 15 is 14.4 Å². The summed E-state index contributed by atoms with van der Waals surface area (Å²) in [7, 11) is 0. The maximum Gasteiger partial charge on any atom is 0.203 e. The summed E-state index contributed by atoms with van der Waals surface area (Å²) in [5.41, 5.74) is 0.995. The van der Waals surface area contributed by atoms with Crippen LogP contribution in [0.25, 0.3) is 0 Å². The fourth-order valence-corrected chi connectivity index (χ4v) is 20.6. The van der Waals surface area contributed by atoms with Gasteiger partial charge in [-0.2, -0.15) is 0 Å². The van der Waals surface area contributed by atoms with Crippen LogP contribution in [0.1, 0.15) is 640 Å². The minimum atomic E-state index is -0.728. The zero-order valence-corrected chi connectivity index (χ0v) is 99.6. The summed E-state index contributed by atoms with van der Waals surface area (Å²) in [6.45, 7) is 25.0. The summed E-state index contributed by atoms with van der Waals surface area (Å²) in [4.78, 5) is 48.0. The second-order valence-electron chi connectivity index (χ2n) is 44.8. The molecule has 0 aromatic heterocycles. The fourth-order valence-electron chi connectivity index (χ4n) is 20.6. The summed E-state index contributed by atoms with van der Waals surface area (Å²) in [6.07, 6.45) is 113. The van der Waals surface area contributed by atoms with Crippen LogP contribution in [0, 0.1) is 0 Å². The van der Waals surface area contributed by atoms with Gasteiger partial charge < -0.3 is 58.6 Å². The molecule has 1 aliphatic rings. The van der Waals surface area contributed by atoms with E-state index in [9.17, 15) is 0 Å². The summed E-state index contributed by atoms with van der Waals surface area (Å²) in [6, 6.07) is 11.6. The number of allylic oxidation sites excluding steroid dienone is 3. The lowest BCUT2D eigenvalue weighted by molar-refractivity contribution is -0.124. The molecule has 1 saturated carbocycles. The van der Waals surface area contributed by atoms with Crippen molar-refractivity contribution in [2.45, 2.75) is 640 Å². The Labute approximate surface area is 924 Å². The van der Waals surface area contributed by atoms with Crippen LogP contribution in [-0.4, -0.2) is 76.8 Å². The molecule has 0 spiro atoms. The number of hydrogen-bond acceptors (Lipinski definition) is 15. The van der Waals surface area contributed by atoms with Crippen LogP contribution >= 0.6 is 0 Å². The largest absolute Gasteiger partial charge is 0.489 e. The first-order valence-corrected chi connectivity index (χ1v) is 65.4. The molecule has 1 fully saturated rings. The predicted molar refractivity (Wildman–Crippen MR) is 646 cm³/mol. The molecule has 0 atom stereocenters. The Morgan fingerprint density at radius 1 is 0.147 bits per heavy atom. The number of carbonyl (C=O) groups excluding carboxylic acids is 3. The average Bonchev–Trinajstić information content (AvgIpc) is 0.775. The number of rotatable bonds is 114. The van der Waals surface area contributed by atoms with E-state index in [1.165, 1.54) is 442 Å². The SMILES string of the molecule is CCCCCCCCCCCCOc1cc(NC=C2C(=O)C(=CNc3cc(OCCCCCCCCCCCC)c(OCCCCCCCCCCCC)c(OCCCCCCCCCCCC)c3)C(=O)C(=CNc3cc(OCCCCCCCCCCCC)c(OCCCCCCCCCCCC)c(OCCCCCCCCCCCC)c3)C2=O)cc(OCCCCCCCCCCCC)c1OCCCCCCCCCCCC. The molecular formula is C135H237N3O12. The Balaban J connectivity index is 2.03. The number of unbranched alkanes of at least 4 members (excludes halogenated alkanes) is 81. The van der Waals surface area contributed by atoms with Gasteiger partial charge in [0, 0.05) is 72.1 Å². The molecule has 4 rings (SSSR count). The highest BCUT2D eigenvalue weighted by atomic mass is 16.6. The summed E-state index contributed by atoms with van der Waals surface area (Å²) in [5.74, 6) is 2.84. The van der Waals surface area contributed by atoms with Gasteiger partial charge in [-0.15, -0.1) is 0 Å². The summed E-state index contributed by atoms with van der Waals surface area (Å²) < 4.78 is 62.4. The number of ketones is 3. The third-order valence-corrected chi connectivity index (χ3v) is 30.4. The van der Waals surface area contributed by atoms with Gasteiger partial charge >= 0.3 is 0 Å². The van der Waals surface area contributed by atoms with Gasteiger partial charge in [0.2, 0.25) is 34.6 Å². The van der Waals surface area contributed by atoms with Crippen molar-refractivity contribution in [3.05, 3.63) is 71.7 Å². The van der Waals surface area contributed by atoms with E-state index in [0.717, 1.165) is 154 Å². The van der Waals surface area contributed by atoms with Gasteiger partial charge in [-0.25, -0.2) is 0 Å². The van der Waals surface area contributed by atoms with Gasteiger partial charge in [-0.05, 0) is 57.8 Å². The second kappa shape index (κ2) is 102.